The van der Waals surface area contributed by atoms with Crippen LogP contribution in [0.5, 0.6) is 0 Å². The van der Waals surface area contributed by atoms with Gasteiger partial charge in [0.25, 0.3) is 0 Å². The van der Waals surface area contributed by atoms with Crippen LogP contribution in [0.15, 0.2) is 0 Å². The van der Waals surface area contributed by atoms with Crippen molar-refractivity contribution in [3.63, 3.8) is 0 Å². The highest BCUT2D eigenvalue weighted by Gasteiger charge is 2.62. The van der Waals surface area contributed by atoms with Crippen molar-refractivity contribution < 1.29 is 15.0 Å². The summed E-state index contributed by atoms with van der Waals surface area (Å²) in [5.41, 5.74) is 0.758. The van der Waals surface area contributed by atoms with E-state index >= 15 is 0 Å². The van der Waals surface area contributed by atoms with Crippen molar-refractivity contribution >= 4 is 5.97 Å². The fourth-order valence-corrected chi connectivity index (χ4v) is 8.78. The van der Waals surface area contributed by atoms with E-state index in [0.29, 0.717) is 46.8 Å². The highest BCUT2D eigenvalue weighted by Crippen LogP contribution is 2.68. The molecule has 0 saturated heterocycles. The monoisotopic (exact) mass is 376 g/mol. The van der Waals surface area contributed by atoms with E-state index in [-0.39, 0.29) is 6.10 Å². The molecular weight excluding hydrogens is 336 g/mol. The van der Waals surface area contributed by atoms with Gasteiger partial charge in [-0.15, -0.1) is 0 Å². The Labute approximate surface area is 165 Å². The lowest BCUT2D eigenvalue weighted by Crippen LogP contribution is -2.57. The van der Waals surface area contributed by atoms with E-state index in [2.05, 4.69) is 20.8 Å². The van der Waals surface area contributed by atoms with Gasteiger partial charge in [0.15, 0.2) is 0 Å². The third-order valence-corrected chi connectivity index (χ3v) is 10.2. The zero-order chi connectivity index (χ0) is 19.4. The molecule has 0 amide bonds. The molecule has 0 aromatic carbocycles. The van der Waals surface area contributed by atoms with Crippen LogP contribution in [0.25, 0.3) is 0 Å². The number of carboxylic acid groups (broad SMARTS) is 1. The molecule has 3 heteroatoms. The van der Waals surface area contributed by atoms with Crippen molar-refractivity contribution in [2.75, 3.05) is 0 Å². The lowest BCUT2D eigenvalue weighted by Gasteiger charge is -2.62. The minimum Gasteiger partial charge on any atom is -0.481 e. The normalized spacial score (nSPS) is 50.4. The highest BCUT2D eigenvalue weighted by molar-refractivity contribution is 5.66. The summed E-state index contributed by atoms with van der Waals surface area (Å²) in [7, 11) is 0. The maximum atomic E-state index is 11.2. The fraction of sp³-hybridized carbons (Fsp3) is 0.958. The molecular formula is C24H40O3. The molecule has 9 atom stereocenters. The number of hydrogen-bond acceptors (Lipinski definition) is 2. The van der Waals surface area contributed by atoms with Crippen LogP contribution in [0.2, 0.25) is 0 Å². The zero-order valence-electron chi connectivity index (χ0n) is 17.6. The minimum absolute atomic E-state index is 0.108. The first-order chi connectivity index (χ1) is 12.8. The van der Waals surface area contributed by atoms with Gasteiger partial charge in [-0.2, -0.15) is 0 Å². The van der Waals surface area contributed by atoms with Crippen molar-refractivity contribution in [3.8, 4) is 0 Å². The minimum atomic E-state index is -0.663. The molecule has 0 radical (unpaired) electrons. The predicted octanol–water partition coefficient (Wildman–Crippen LogP) is 5.51. The van der Waals surface area contributed by atoms with Gasteiger partial charge < -0.3 is 10.2 Å². The quantitative estimate of drug-likeness (QED) is 0.680. The molecule has 2 N–H and O–H groups in total. The smallest absolute Gasteiger partial charge is 0.303 e. The van der Waals surface area contributed by atoms with Gasteiger partial charge in [0.2, 0.25) is 0 Å². The lowest BCUT2D eigenvalue weighted by atomic mass is 9.44. The van der Waals surface area contributed by atoms with Gasteiger partial charge in [-0.25, -0.2) is 0 Å². The van der Waals surface area contributed by atoms with Gasteiger partial charge in [0.1, 0.15) is 0 Å². The van der Waals surface area contributed by atoms with Crippen molar-refractivity contribution in [1.82, 2.24) is 0 Å². The predicted molar refractivity (Wildman–Crippen MR) is 107 cm³/mol. The molecule has 0 aromatic heterocycles. The summed E-state index contributed by atoms with van der Waals surface area (Å²) in [6.45, 7) is 7.33. The summed E-state index contributed by atoms with van der Waals surface area (Å²) in [6, 6.07) is 0. The Hall–Kier alpha value is -0.570. The molecule has 0 heterocycles. The van der Waals surface area contributed by atoms with Crippen LogP contribution in [0, 0.1) is 46.3 Å². The molecule has 4 aliphatic rings. The first-order valence-corrected chi connectivity index (χ1v) is 11.7. The van der Waals surface area contributed by atoms with Crippen LogP contribution in [0.4, 0.5) is 0 Å². The van der Waals surface area contributed by atoms with Crippen LogP contribution in [0.1, 0.15) is 91.4 Å². The van der Waals surface area contributed by atoms with Gasteiger partial charge in [0, 0.05) is 6.42 Å². The average Bonchev–Trinajstić information content (AvgIpc) is 2.97. The Morgan fingerprint density at radius 3 is 2.52 bits per heavy atom. The molecule has 4 saturated carbocycles. The summed E-state index contributed by atoms with van der Waals surface area (Å²) in [6.07, 6.45) is 12.5. The van der Waals surface area contributed by atoms with Gasteiger partial charge in [0.05, 0.1) is 6.10 Å². The Bertz CT molecular complexity index is 574. The average molecular weight is 377 g/mol. The van der Waals surface area contributed by atoms with Crippen LogP contribution in [0.3, 0.4) is 0 Å². The molecule has 0 unspecified atom stereocenters. The van der Waals surface area contributed by atoms with E-state index in [1.165, 1.54) is 51.4 Å². The van der Waals surface area contributed by atoms with E-state index < -0.39 is 5.97 Å². The fourth-order valence-electron chi connectivity index (χ4n) is 8.78. The zero-order valence-corrected chi connectivity index (χ0v) is 17.6. The second kappa shape index (κ2) is 7.04. The van der Waals surface area contributed by atoms with Crippen LogP contribution >= 0.6 is 0 Å². The first kappa shape index (κ1) is 19.7. The third-order valence-electron chi connectivity index (χ3n) is 10.2. The molecule has 4 fully saturated rings. The molecule has 27 heavy (non-hydrogen) atoms. The Kier molecular flexibility index (Phi) is 5.15. The van der Waals surface area contributed by atoms with Crippen molar-refractivity contribution in [1.29, 1.82) is 0 Å². The highest BCUT2D eigenvalue weighted by atomic mass is 16.4. The molecule has 0 aromatic rings. The Balaban J connectivity index is 1.56. The number of hydrogen-bond donors (Lipinski definition) is 2. The summed E-state index contributed by atoms with van der Waals surface area (Å²) >= 11 is 0. The number of fused-ring (bicyclic) bond motifs is 5. The molecule has 0 aliphatic heterocycles. The summed E-state index contributed by atoms with van der Waals surface area (Å²) in [5.74, 6) is 3.02. The largest absolute Gasteiger partial charge is 0.481 e. The number of aliphatic hydroxyl groups excluding tert-OH is 1. The summed E-state index contributed by atoms with van der Waals surface area (Å²) in [4.78, 5) is 11.0. The van der Waals surface area contributed by atoms with E-state index in [9.17, 15) is 9.90 Å². The SMILES string of the molecule is C[C@@H](CCC(=O)O)[C@H]1CC[C@@H]2[C@@H]3[C@H](O)C[C@@H]4CCCC[C@]4(C)[C@H]3CC[C@@]21C. The van der Waals surface area contributed by atoms with E-state index in [1.54, 1.807) is 0 Å². The second-order valence-corrected chi connectivity index (χ2v) is 11.2. The molecule has 0 spiro atoms. The topological polar surface area (TPSA) is 57.5 Å². The molecule has 0 bridgehead atoms. The van der Waals surface area contributed by atoms with Crippen LogP contribution in [-0.4, -0.2) is 22.3 Å². The number of aliphatic hydroxyl groups is 1. The standard InChI is InChI=1S/C24H40O3/c1-15(7-10-21(26)27)17-8-9-18-22-19(11-13-24(17,18)3)23(2)12-5-4-6-16(23)14-20(22)25/h15-20,22,25H,4-14H2,1-3H3,(H,26,27)/t15-,16-,17+,18+,19-,20+,22-,23-,24+/m0/s1. The van der Waals surface area contributed by atoms with Crippen molar-refractivity contribution in [2.45, 2.75) is 97.5 Å². The van der Waals surface area contributed by atoms with Crippen molar-refractivity contribution in [2.24, 2.45) is 46.3 Å². The van der Waals surface area contributed by atoms with Crippen LogP contribution in [-0.2, 0) is 4.79 Å². The number of rotatable bonds is 4. The first-order valence-electron chi connectivity index (χ1n) is 11.7. The van der Waals surface area contributed by atoms with Gasteiger partial charge in [-0.1, -0.05) is 33.6 Å². The maximum absolute atomic E-state index is 11.2. The Morgan fingerprint density at radius 2 is 1.78 bits per heavy atom. The third kappa shape index (κ3) is 3.07. The second-order valence-electron chi connectivity index (χ2n) is 11.2. The number of carbonyl (C=O) groups is 1. The number of carboxylic acids is 1. The molecule has 4 aliphatic carbocycles. The van der Waals surface area contributed by atoms with Crippen LogP contribution < -0.4 is 0 Å². The maximum Gasteiger partial charge on any atom is 0.303 e. The van der Waals surface area contributed by atoms with E-state index in [1.807, 2.05) is 0 Å². The van der Waals surface area contributed by atoms with Gasteiger partial charge >= 0.3 is 5.97 Å². The van der Waals surface area contributed by atoms with E-state index in [4.69, 9.17) is 5.11 Å². The number of aliphatic carboxylic acids is 1. The summed E-state index contributed by atoms with van der Waals surface area (Å²) < 4.78 is 0. The van der Waals surface area contributed by atoms with Crippen molar-refractivity contribution in [3.05, 3.63) is 0 Å². The lowest BCUT2D eigenvalue weighted by molar-refractivity contribution is -0.164. The van der Waals surface area contributed by atoms with Gasteiger partial charge in [-0.3, -0.25) is 4.79 Å². The Morgan fingerprint density at radius 1 is 1.04 bits per heavy atom. The molecule has 3 nitrogen and oxygen atoms in total. The molecule has 4 rings (SSSR count). The van der Waals surface area contributed by atoms with Gasteiger partial charge in [-0.05, 0) is 97.7 Å². The summed E-state index contributed by atoms with van der Waals surface area (Å²) in [5, 5.41) is 20.3. The van der Waals surface area contributed by atoms with E-state index in [0.717, 1.165) is 18.8 Å². The molecule has 154 valence electrons.